The molecule has 7 nitrogen and oxygen atoms in total. The molecule has 1 atom stereocenters. The summed E-state index contributed by atoms with van der Waals surface area (Å²) in [6.07, 6.45) is 5.30. The molecule has 0 aliphatic carbocycles. The second-order valence-corrected chi connectivity index (χ2v) is 8.49. The van der Waals surface area contributed by atoms with Gasteiger partial charge in [0, 0.05) is 45.1 Å². The third-order valence-corrected chi connectivity index (χ3v) is 6.18. The van der Waals surface area contributed by atoms with Crippen LogP contribution in [-0.4, -0.2) is 45.3 Å². The summed E-state index contributed by atoms with van der Waals surface area (Å²) in [4.78, 5) is 33.5. The second kappa shape index (κ2) is 8.29. The van der Waals surface area contributed by atoms with Gasteiger partial charge < -0.3 is 14.7 Å². The fourth-order valence-corrected chi connectivity index (χ4v) is 4.59. The van der Waals surface area contributed by atoms with E-state index in [1.54, 1.807) is 23.7 Å². The number of rotatable bonds is 4. The molecule has 3 aromatic heterocycles. The second-order valence-electron chi connectivity index (χ2n) is 8.49. The van der Waals surface area contributed by atoms with Crippen molar-refractivity contribution in [2.45, 2.75) is 13.5 Å². The lowest BCUT2D eigenvalue weighted by molar-refractivity contribution is 0.0958. The molecule has 1 aliphatic rings. The van der Waals surface area contributed by atoms with Crippen LogP contribution >= 0.6 is 0 Å². The van der Waals surface area contributed by atoms with E-state index in [4.69, 9.17) is 0 Å². The molecule has 0 spiro atoms. The molecule has 4 aromatic rings. The van der Waals surface area contributed by atoms with E-state index in [0.717, 1.165) is 36.3 Å². The molecule has 1 unspecified atom stereocenters. The Morgan fingerprint density at radius 3 is 2.82 bits per heavy atom. The summed E-state index contributed by atoms with van der Waals surface area (Å²) in [6, 6.07) is 10.8. The van der Waals surface area contributed by atoms with E-state index in [0.29, 0.717) is 22.6 Å². The van der Waals surface area contributed by atoms with Gasteiger partial charge in [0.1, 0.15) is 17.0 Å². The van der Waals surface area contributed by atoms with Crippen LogP contribution in [0.15, 0.2) is 59.7 Å². The van der Waals surface area contributed by atoms with Crippen LogP contribution in [0.2, 0.25) is 0 Å². The van der Waals surface area contributed by atoms with Crippen molar-refractivity contribution in [1.29, 1.82) is 0 Å². The Morgan fingerprint density at radius 1 is 1.24 bits per heavy atom. The van der Waals surface area contributed by atoms with Crippen LogP contribution in [0.25, 0.3) is 22.1 Å². The molecular weight excluding hydrogens is 421 g/mol. The largest absolute Gasteiger partial charge is 0.354 e. The third-order valence-electron chi connectivity index (χ3n) is 6.18. The number of pyridine rings is 1. The molecule has 0 saturated heterocycles. The van der Waals surface area contributed by atoms with Gasteiger partial charge in [0.05, 0.1) is 11.0 Å². The van der Waals surface area contributed by atoms with Gasteiger partial charge in [-0.1, -0.05) is 25.1 Å². The Balaban J connectivity index is 1.35. The summed E-state index contributed by atoms with van der Waals surface area (Å²) in [5, 5.41) is 2.58. The van der Waals surface area contributed by atoms with Gasteiger partial charge in [-0.2, -0.15) is 0 Å². The molecule has 168 valence electrons. The minimum absolute atomic E-state index is 0.197. The van der Waals surface area contributed by atoms with Crippen molar-refractivity contribution in [2.24, 2.45) is 5.92 Å². The summed E-state index contributed by atoms with van der Waals surface area (Å²) in [6.45, 7) is 4.57. The molecule has 5 rings (SSSR count). The van der Waals surface area contributed by atoms with Crippen molar-refractivity contribution in [3.05, 3.63) is 87.9 Å². The van der Waals surface area contributed by atoms with Crippen LogP contribution in [-0.2, 0) is 6.54 Å². The highest BCUT2D eigenvalue weighted by Gasteiger charge is 2.21. The number of carbonyl (C=O) groups is 1. The highest BCUT2D eigenvalue weighted by molar-refractivity contribution is 5.92. The average molecular weight is 445 g/mol. The number of hydrogen-bond donors (Lipinski definition) is 2. The van der Waals surface area contributed by atoms with Crippen LogP contribution in [0.1, 0.15) is 28.5 Å². The standard InChI is InChI=1S/C25H24FN5O2/c1-15-12-30(8-7-19(15)17-4-5-20(28-11-17)24(32)27-2)13-16-3-6-22-21(9-16)29-25(33)23-10-18(26)14-31(22)23/h3-7,9-11,14-15H,8,12-13H2,1-2H3,(H,27,32)(H,29,33). The number of fused-ring (bicyclic) bond motifs is 3. The Labute approximate surface area is 189 Å². The van der Waals surface area contributed by atoms with Gasteiger partial charge in [-0.3, -0.25) is 19.5 Å². The summed E-state index contributed by atoms with van der Waals surface area (Å²) in [7, 11) is 1.59. The van der Waals surface area contributed by atoms with Crippen molar-refractivity contribution in [1.82, 2.24) is 24.6 Å². The molecular formula is C25H24FN5O2. The van der Waals surface area contributed by atoms with Gasteiger partial charge in [-0.15, -0.1) is 0 Å². The minimum atomic E-state index is -0.430. The van der Waals surface area contributed by atoms with Crippen LogP contribution in [0.4, 0.5) is 4.39 Å². The summed E-state index contributed by atoms with van der Waals surface area (Å²) < 4.78 is 15.3. The van der Waals surface area contributed by atoms with Crippen LogP contribution in [0.5, 0.6) is 0 Å². The van der Waals surface area contributed by atoms with E-state index < -0.39 is 5.82 Å². The van der Waals surface area contributed by atoms with Crippen molar-refractivity contribution in [3.8, 4) is 0 Å². The van der Waals surface area contributed by atoms with E-state index in [2.05, 4.69) is 33.2 Å². The lowest BCUT2D eigenvalue weighted by atomic mass is 9.91. The van der Waals surface area contributed by atoms with Gasteiger partial charge in [-0.05, 0) is 40.8 Å². The molecule has 1 aliphatic heterocycles. The summed E-state index contributed by atoms with van der Waals surface area (Å²) in [5.74, 6) is -0.327. The zero-order valence-electron chi connectivity index (χ0n) is 18.4. The fraction of sp³-hybridized carbons (Fsp3) is 0.240. The summed E-state index contributed by atoms with van der Waals surface area (Å²) >= 11 is 0. The Morgan fingerprint density at radius 2 is 2.09 bits per heavy atom. The first-order valence-electron chi connectivity index (χ1n) is 10.9. The van der Waals surface area contributed by atoms with Crippen LogP contribution in [0, 0.1) is 11.7 Å². The van der Waals surface area contributed by atoms with E-state index in [-0.39, 0.29) is 11.5 Å². The Bertz CT molecular complexity index is 1450. The number of nitrogens with one attached hydrogen (secondary N) is 2. The number of halogens is 1. The molecule has 4 heterocycles. The van der Waals surface area contributed by atoms with Crippen molar-refractivity contribution >= 4 is 28.0 Å². The first kappa shape index (κ1) is 21.1. The quantitative estimate of drug-likeness (QED) is 0.505. The van der Waals surface area contributed by atoms with Gasteiger partial charge in [-0.25, -0.2) is 4.39 Å². The number of benzene rings is 1. The topological polar surface area (TPSA) is 82.5 Å². The van der Waals surface area contributed by atoms with Crippen molar-refractivity contribution in [2.75, 3.05) is 20.1 Å². The Hall–Kier alpha value is -3.78. The summed E-state index contributed by atoms with van der Waals surface area (Å²) in [5.41, 5.74) is 5.17. The highest BCUT2D eigenvalue weighted by atomic mass is 19.1. The Kier molecular flexibility index (Phi) is 5.30. The van der Waals surface area contributed by atoms with Gasteiger partial charge in [0.15, 0.2) is 0 Å². The number of hydrogen-bond acceptors (Lipinski definition) is 4. The molecule has 2 N–H and O–H groups in total. The number of amides is 1. The maximum absolute atomic E-state index is 13.7. The maximum atomic E-state index is 13.7. The van der Waals surface area contributed by atoms with Crippen LogP contribution < -0.4 is 10.9 Å². The fourth-order valence-electron chi connectivity index (χ4n) is 4.59. The molecule has 0 fully saturated rings. The zero-order chi connectivity index (χ0) is 23.1. The van der Waals surface area contributed by atoms with Crippen LogP contribution in [0.3, 0.4) is 0 Å². The minimum Gasteiger partial charge on any atom is -0.354 e. The first-order valence-corrected chi connectivity index (χ1v) is 10.9. The average Bonchev–Trinajstić information content (AvgIpc) is 3.21. The predicted octanol–water partition coefficient (Wildman–Crippen LogP) is 3.21. The molecule has 1 aromatic carbocycles. The highest BCUT2D eigenvalue weighted by Crippen LogP contribution is 2.28. The van der Waals surface area contributed by atoms with Crippen molar-refractivity contribution < 1.29 is 9.18 Å². The van der Waals surface area contributed by atoms with E-state index >= 15 is 0 Å². The molecule has 1 amide bonds. The lowest BCUT2D eigenvalue weighted by Gasteiger charge is -2.31. The zero-order valence-corrected chi connectivity index (χ0v) is 18.4. The monoisotopic (exact) mass is 445 g/mol. The number of aromatic amines is 1. The SMILES string of the molecule is CNC(=O)c1ccc(C2=CCN(Cc3ccc4c(c3)[nH]c(=O)c3cc(F)cn34)CC2C)cn1. The smallest absolute Gasteiger partial charge is 0.272 e. The molecule has 0 saturated carbocycles. The molecule has 8 heteroatoms. The molecule has 33 heavy (non-hydrogen) atoms. The van der Waals surface area contributed by atoms with E-state index in [1.165, 1.54) is 17.8 Å². The number of carbonyl (C=O) groups excluding carboxylic acids is 1. The lowest BCUT2D eigenvalue weighted by Crippen LogP contribution is -2.32. The van der Waals surface area contributed by atoms with Gasteiger partial charge in [0.25, 0.3) is 11.5 Å². The number of aromatic nitrogens is 3. The van der Waals surface area contributed by atoms with Crippen molar-refractivity contribution in [3.63, 3.8) is 0 Å². The normalized spacial score (nSPS) is 16.8. The third kappa shape index (κ3) is 3.93. The molecule has 0 bridgehead atoms. The van der Waals surface area contributed by atoms with E-state index in [9.17, 15) is 14.0 Å². The first-order chi connectivity index (χ1) is 15.9. The van der Waals surface area contributed by atoms with E-state index in [1.807, 2.05) is 24.3 Å². The molecule has 0 radical (unpaired) electrons. The number of nitrogens with zero attached hydrogens (tertiary/aromatic N) is 3. The van der Waals surface area contributed by atoms with Gasteiger partial charge in [0.2, 0.25) is 0 Å². The maximum Gasteiger partial charge on any atom is 0.272 e. The predicted molar refractivity (Wildman–Crippen MR) is 126 cm³/mol. The number of H-pyrrole nitrogens is 1. The van der Waals surface area contributed by atoms with Gasteiger partial charge >= 0.3 is 0 Å².